The van der Waals surface area contributed by atoms with E-state index in [1.807, 2.05) is 12.1 Å². The fraction of sp³-hybridized carbons (Fsp3) is 0.696. The van der Waals surface area contributed by atoms with Crippen LogP contribution in [0.25, 0.3) is 0 Å². The molecule has 9 heteroatoms. The van der Waals surface area contributed by atoms with Crippen molar-refractivity contribution in [3.8, 4) is 5.75 Å². The summed E-state index contributed by atoms with van der Waals surface area (Å²) in [7, 11) is 3.05. The third kappa shape index (κ3) is 6.01. The van der Waals surface area contributed by atoms with Crippen molar-refractivity contribution in [2.45, 2.75) is 69.6 Å². The summed E-state index contributed by atoms with van der Waals surface area (Å²) < 4.78 is 22.6. The molecule has 1 aromatic heterocycles. The molecule has 0 spiro atoms. The van der Waals surface area contributed by atoms with Gasteiger partial charge in [0.25, 0.3) is 5.91 Å². The van der Waals surface area contributed by atoms with Gasteiger partial charge in [-0.15, -0.1) is 0 Å². The number of β-lactam (4-membered cyclic amide) rings is 1. The van der Waals surface area contributed by atoms with Gasteiger partial charge in [-0.25, -0.2) is 0 Å². The second-order valence-electron chi connectivity index (χ2n) is 8.34. The van der Waals surface area contributed by atoms with Crippen molar-refractivity contribution in [1.82, 2.24) is 9.88 Å². The monoisotopic (exact) mass is 466 g/mol. The molecule has 0 N–H and O–H groups in total. The molecule has 178 valence electrons. The Bertz CT molecular complexity index is 771. The first-order valence-corrected chi connectivity index (χ1v) is 12.2. The second-order valence-corrected chi connectivity index (χ2v) is 9.54. The number of methoxy groups -OCH3 is 2. The lowest BCUT2D eigenvalue weighted by molar-refractivity contribution is -0.229. The Hall–Kier alpha value is -1.68. The molecule has 2 heterocycles. The van der Waals surface area contributed by atoms with E-state index < -0.39 is 5.60 Å². The van der Waals surface area contributed by atoms with Crippen molar-refractivity contribution in [3.05, 3.63) is 24.0 Å². The number of carbonyl (C=O) groups is 2. The van der Waals surface area contributed by atoms with Crippen LogP contribution in [-0.2, 0) is 30.2 Å². The van der Waals surface area contributed by atoms with Gasteiger partial charge in [0, 0.05) is 51.3 Å². The Morgan fingerprint density at radius 3 is 2.62 bits per heavy atom. The van der Waals surface area contributed by atoms with Crippen molar-refractivity contribution in [1.29, 1.82) is 0 Å². The van der Waals surface area contributed by atoms with E-state index in [1.165, 1.54) is 58.6 Å². The summed E-state index contributed by atoms with van der Waals surface area (Å²) in [5.74, 6) is 0.980. The fourth-order valence-electron chi connectivity index (χ4n) is 4.44. The lowest BCUT2D eigenvalue weighted by Gasteiger charge is -2.54. The Morgan fingerprint density at radius 2 is 1.97 bits per heavy atom. The first-order valence-electron chi connectivity index (χ1n) is 11.2. The van der Waals surface area contributed by atoms with Crippen molar-refractivity contribution in [2.24, 2.45) is 0 Å². The smallest absolute Gasteiger partial charge is 0.259 e. The summed E-state index contributed by atoms with van der Waals surface area (Å²) in [6.07, 6.45) is 9.23. The zero-order valence-electron chi connectivity index (χ0n) is 19.2. The highest BCUT2D eigenvalue weighted by atomic mass is 32.2. The average Bonchev–Trinajstić information content (AvgIpc) is 3.05. The molecular weight excluding hydrogens is 432 g/mol. The number of aromatic nitrogens is 1. The van der Waals surface area contributed by atoms with E-state index in [0.717, 1.165) is 18.6 Å². The highest BCUT2D eigenvalue weighted by Crippen LogP contribution is 2.39. The van der Waals surface area contributed by atoms with Crippen LogP contribution in [-0.4, -0.2) is 72.1 Å². The molecule has 1 aliphatic heterocycles. The van der Waals surface area contributed by atoms with E-state index in [2.05, 4.69) is 4.98 Å². The zero-order valence-corrected chi connectivity index (χ0v) is 20.0. The Kier molecular flexibility index (Phi) is 9.34. The van der Waals surface area contributed by atoms with Crippen LogP contribution in [0.5, 0.6) is 5.75 Å². The highest BCUT2D eigenvalue weighted by molar-refractivity contribution is 8.13. The lowest BCUT2D eigenvalue weighted by Crippen LogP contribution is -2.77. The number of likely N-dealkylation sites (tertiary alicyclic amines) is 1. The van der Waals surface area contributed by atoms with Crippen LogP contribution in [0.4, 0.5) is 0 Å². The number of pyridine rings is 1. The quantitative estimate of drug-likeness (QED) is 0.279. The van der Waals surface area contributed by atoms with Crippen LogP contribution in [0, 0.1) is 0 Å². The summed E-state index contributed by atoms with van der Waals surface area (Å²) in [4.78, 5) is 30.9. The molecule has 8 nitrogen and oxygen atoms in total. The standard InChI is InChI=1S/C23H34N2O6S/c1-17(26)32-14-21-23(30-16-29-3,22(27)25(21)15-28-2)13-18-12-20(10-11-24-18)31-19-8-6-4-5-7-9-19/h10-12,19,21H,4-9,13-16H2,1-3H3/t21-,23+/m0/s1. The number of thioether (sulfide) groups is 1. The van der Waals surface area contributed by atoms with Gasteiger partial charge in [0.2, 0.25) is 0 Å². The zero-order chi connectivity index (χ0) is 23.0. The maximum Gasteiger partial charge on any atom is 0.259 e. The molecule has 1 aliphatic carbocycles. The Morgan fingerprint density at radius 1 is 1.22 bits per heavy atom. The molecule has 1 aromatic rings. The van der Waals surface area contributed by atoms with E-state index in [4.69, 9.17) is 18.9 Å². The molecule has 0 bridgehead atoms. The SMILES string of the molecule is COCO[C@@]1(Cc2cc(OC3CCCCCC3)ccn2)C(=O)N(COC)[C@H]1CSC(C)=O. The maximum absolute atomic E-state index is 13.2. The van der Waals surface area contributed by atoms with Crippen molar-refractivity contribution in [3.63, 3.8) is 0 Å². The predicted octanol–water partition coefficient (Wildman–Crippen LogP) is 3.18. The average molecular weight is 467 g/mol. The Balaban J connectivity index is 1.79. The van der Waals surface area contributed by atoms with Crippen LogP contribution in [0.2, 0.25) is 0 Å². The van der Waals surface area contributed by atoms with E-state index in [9.17, 15) is 9.59 Å². The third-order valence-corrected chi connectivity index (χ3v) is 6.91. The van der Waals surface area contributed by atoms with Gasteiger partial charge in [-0.05, 0) is 31.7 Å². The van der Waals surface area contributed by atoms with Crippen molar-refractivity contribution >= 4 is 22.8 Å². The summed E-state index contributed by atoms with van der Waals surface area (Å²) in [5, 5.41) is -0.0146. The predicted molar refractivity (Wildman–Crippen MR) is 121 cm³/mol. The molecule has 2 atom stereocenters. The number of carbonyl (C=O) groups excluding carboxylic acids is 2. The largest absolute Gasteiger partial charge is 0.490 e. The van der Waals surface area contributed by atoms with Gasteiger partial charge in [0.1, 0.15) is 19.3 Å². The van der Waals surface area contributed by atoms with Crippen LogP contribution < -0.4 is 4.74 Å². The highest BCUT2D eigenvalue weighted by Gasteiger charge is 2.62. The lowest BCUT2D eigenvalue weighted by atomic mass is 9.79. The second kappa shape index (κ2) is 12.0. The molecule has 3 rings (SSSR count). The Labute approximate surface area is 194 Å². The van der Waals surface area contributed by atoms with Crippen molar-refractivity contribution < 1.29 is 28.5 Å². The van der Waals surface area contributed by atoms with E-state index in [-0.39, 0.29) is 43.1 Å². The first-order chi connectivity index (χ1) is 15.5. The van der Waals surface area contributed by atoms with Crippen LogP contribution in [0.1, 0.15) is 51.1 Å². The van der Waals surface area contributed by atoms with Gasteiger partial charge in [-0.2, -0.15) is 0 Å². The molecule has 1 amide bonds. The molecule has 1 saturated heterocycles. The van der Waals surface area contributed by atoms with Crippen LogP contribution >= 0.6 is 11.8 Å². The summed E-state index contributed by atoms with van der Waals surface area (Å²) in [6, 6.07) is 3.41. The third-order valence-electron chi connectivity index (χ3n) is 6.02. The van der Waals surface area contributed by atoms with Gasteiger partial charge in [-0.1, -0.05) is 24.6 Å². The molecule has 1 saturated carbocycles. The number of hydrogen-bond donors (Lipinski definition) is 0. The minimum atomic E-state index is -1.16. The minimum absolute atomic E-state index is 0.0146. The number of hydrogen-bond acceptors (Lipinski definition) is 8. The fourth-order valence-corrected chi connectivity index (χ4v) is 5.28. The van der Waals surface area contributed by atoms with Gasteiger partial charge in [0.05, 0.1) is 12.1 Å². The molecular formula is C23H34N2O6S. The summed E-state index contributed by atoms with van der Waals surface area (Å²) in [5.41, 5.74) is -0.458. The van der Waals surface area contributed by atoms with Crippen LogP contribution in [0.3, 0.4) is 0 Å². The summed E-state index contributed by atoms with van der Waals surface area (Å²) in [6.45, 7) is 1.61. The topological polar surface area (TPSA) is 87.2 Å². The van der Waals surface area contributed by atoms with E-state index in [1.54, 1.807) is 11.1 Å². The molecule has 0 radical (unpaired) electrons. The molecule has 2 aliphatic rings. The molecule has 0 aromatic carbocycles. The maximum atomic E-state index is 13.2. The van der Waals surface area contributed by atoms with Gasteiger partial charge < -0.3 is 23.8 Å². The minimum Gasteiger partial charge on any atom is -0.490 e. The number of ether oxygens (including phenoxy) is 4. The molecule has 32 heavy (non-hydrogen) atoms. The van der Waals surface area contributed by atoms with Crippen molar-refractivity contribution in [2.75, 3.05) is 33.5 Å². The number of amides is 1. The number of rotatable bonds is 11. The first kappa shape index (κ1) is 25.0. The molecule has 0 unspecified atom stereocenters. The van der Waals surface area contributed by atoms with E-state index in [0.29, 0.717) is 11.4 Å². The van der Waals surface area contributed by atoms with Crippen LogP contribution in [0.15, 0.2) is 18.3 Å². The van der Waals surface area contributed by atoms with Gasteiger partial charge in [0.15, 0.2) is 10.7 Å². The van der Waals surface area contributed by atoms with Gasteiger partial charge in [-0.3, -0.25) is 14.6 Å². The summed E-state index contributed by atoms with van der Waals surface area (Å²) >= 11 is 1.17. The normalized spacial score (nSPS) is 24.2. The number of nitrogens with zero attached hydrogens (tertiary/aromatic N) is 2. The van der Waals surface area contributed by atoms with E-state index >= 15 is 0 Å². The molecule has 2 fully saturated rings. The van der Waals surface area contributed by atoms with Gasteiger partial charge >= 0.3 is 0 Å².